The second kappa shape index (κ2) is 25.1. The lowest BCUT2D eigenvalue weighted by molar-refractivity contribution is -0.124. The quantitative estimate of drug-likeness (QED) is 0.250. The Labute approximate surface area is 225 Å². The van der Waals surface area contributed by atoms with Gasteiger partial charge in [0.05, 0.1) is 12.0 Å². The van der Waals surface area contributed by atoms with E-state index in [4.69, 9.17) is 0 Å². The van der Waals surface area contributed by atoms with Gasteiger partial charge in [-0.3, -0.25) is 4.79 Å². The van der Waals surface area contributed by atoms with Gasteiger partial charge in [-0.25, -0.2) is 0 Å². The molecule has 37 heavy (non-hydrogen) atoms. The summed E-state index contributed by atoms with van der Waals surface area (Å²) in [5.74, 6) is -0.593. The van der Waals surface area contributed by atoms with Gasteiger partial charge in [0.15, 0.2) is 0 Å². The van der Waals surface area contributed by atoms with E-state index >= 15 is 0 Å². The molecule has 1 atom stereocenters. The second-order valence-electron chi connectivity index (χ2n) is 7.35. The molecule has 0 spiro atoms. The fourth-order valence-corrected chi connectivity index (χ4v) is 3.19. The highest BCUT2D eigenvalue weighted by molar-refractivity contribution is 5.89. The third-order valence-corrected chi connectivity index (χ3v) is 4.61. The topological polar surface area (TPSA) is 46.2 Å². The minimum atomic E-state index is -0.507. The number of amides is 1. The van der Waals surface area contributed by atoms with Crippen molar-refractivity contribution in [3.63, 3.8) is 0 Å². The Balaban J connectivity index is 0. The number of rotatable bonds is 8. The number of nitrogens with one attached hydrogen (secondary N) is 1. The largest absolute Gasteiger partial charge is 0.346 e. The van der Waals surface area contributed by atoms with E-state index in [2.05, 4.69) is 31.6 Å². The summed E-state index contributed by atoms with van der Waals surface area (Å²) in [6.45, 7) is 20.5. The molecule has 0 aliphatic carbocycles. The highest BCUT2D eigenvalue weighted by atomic mass is 16.2. The zero-order chi connectivity index (χ0) is 28.3. The van der Waals surface area contributed by atoms with Gasteiger partial charge >= 0.3 is 0 Å². The van der Waals surface area contributed by atoms with Crippen LogP contribution in [0, 0.1) is 0 Å². The number of aldehydes is 1. The third-order valence-electron chi connectivity index (χ3n) is 4.61. The van der Waals surface area contributed by atoms with Crippen LogP contribution in [0.15, 0.2) is 129 Å². The van der Waals surface area contributed by atoms with E-state index in [-0.39, 0.29) is 5.91 Å². The maximum Gasteiger partial charge on any atom is 0.232 e. The van der Waals surface area contributed by atoms with Crippen molar-refractivity contribution in [2.45, 2.75) is 52.5 Å². The average molecular weight is 500 g/mol. The zero-order valence-electron chi connectivity index (χ0n) is 23.1. The molecule has 3 aromatic rings. The molecule has 0 fully saturated rings. The number of carbonyl (C=O) groups excluding carboxylic acids is 2. The summed E-state index contributed by atoms with van der Waals surface area (Å²) in [5.41, 5.74) is 2.98. The van der Waals surface area contributed by atoms with Crippen LogP contribution in [0.1, 0.15) is 56.7 Å². The summed E-state index contributed by atoms with van der Waals surface area (Å²) in [6.07, 6.45) is 5.65. The molecular weight excluding hydrogens is 454 g/mol. The Morgan fingerprint density at radius 2 is 1.11 bits per heavy atom. The molecule has 0 aromatic heterocycles. The van der Waals surface area contributed by atoms with E-state index in [1.54, 1.807) is 12.2 Å². The molecule has 1 amide bonds. The van der Waals surface area contributed by atoms with Crippen LogP contribution in [-0.4, -0.2) is 18.2 Å². The van der Waals surface area contributed by atoms with E-state index in [9.17, 15) is 9.59 Å². The Morgan fingerprint density at radius 3 is 1.46 bits per heavy atom. The first-order chi connectivity index (χ1) is 18.1. The molecule has 3 rings (SSSR count). The minimum Gasteiger partial charge on any atom is -0.346 e. The lowest BCUT2D eigenvalue weighted by atomic mass is 9.90. The molecule has 3 nitrogen and oxygen atoms in total. The van der Waals surface area contributed by atoms with Crippen molar-refractivity contribution in [1.82, 2.24) is 5.32 Å². The van der Waals surface area contributed by atoms with Crippen molar-refractivity contribution in [3.05, 3.63) is 146 Å². The molecule has 198 valence electrons. The molecule has 1 N–H and O–H groups in total. The van der Waals surface area contributed by atoms with Crippen molar-refractivity contribution in [2.75, 3.05) is 0 Å². The van der Waals surface area contributed by atoms with Crippen molar-refractivity contribution in [2.24, 2.45) is 0 Å². The van der Waals surface area contributed by atoms with Crippen molar-refractivity contribution >= 4 is 12.2 Å². The van der Waals surface area contributed by atoms with Crippen molar-refractivity contribution in [3.8, 4) is 0 Å². The third kappa shape index (κ3) is 15.6. The molecular formula is C34H45NO2. The fraction of sp³-hybridized carbons (Fsp3) is 0.235. The van der Waals surface area contributed by atoms with Gasteiger partial charge < -0.3 is 10.1 Å². The number of carbonyl (C=O) groups is 2. The number of hydrogen-bond donors (Lipinski definition) is 1. The van der Waals surface area contributed by atoms with E-state index < -0.39 is 12.0 Å². The predicted molar refractivity (Wildman–Crippen MR) is 162 cm³/mol. The molecule has 3 heteroatoms. The second-order valence-corrected chi connectivity index (χ2v) is 7.35. The van der Waals surface area contributed by atoms with Gasteiger partial charge in [0.2, 0.25) is 5.91 Å². The van der Waals surface area contributed by atoms with Crippen molar-refractivity contribution in [1.29, 1.82) is 0 Å². The Hall–Kier alpha value is -3.98. The molecule has 3 aromatic carbocycles. The molecule has 0 aliphatic rings. The Bertz CT molecular complexity index is 907. The van der Waals surface area contributed by atoms with Crippen LogP contribution >= 0.6 is 0 Å². The van der Waals surface area contributed by atoms with Crippen LogP contribution in [0.25, 0.3) is 0 Å². The standard InChI is InChI=1S/C24H23NO2.2C3H6.C2H6.C2H4/c26-18-22(17-16-19-10-4-1-5-11-19)25-24(27)23(20-12-6-2-7-13-20)21-14-8-3-9-15-21;2*1-3-2;2*1-2/h1-15,18,22-23H,16-17H2,(H,25,27);2*3H,1H2,2H3;1-2H3;1-2H2/t22-;;;;/m0..../s1. The molecule has 0 radical (unpaired) electrons. The summed E-state index contributed by atoms with van der Waals surface area (Å²) in [6, 6.07) is 28.8. The maximum atomic E-state index is 13.1. The van der Waals surface area contributed by atoms with E-state index in [0.717, 1.165) is 29.4 Å². The van der Waals surface area contributed by atoms with Crippen LogP contribution in [-0.2, 0) is 16.0 Å². The summed E-state index contributed by atoms with van der Waals surface area (Å²) in [7, 11) is 0. The molecule has 0 unspecified atom stereocenters. The first-order valence-electron chi connectivity index (χ1n) is 12.6. The van der Waals surface area contributed by atoms with E-state index in [1.165, 1.54) is 0 Å². The molecule has 0 bridgehead atoms. The lowest BCUT2D eigenvalue weighted by Crippen LogP contribution is -2.39. The number of hydrogen-bond acceptors (Lipinski definition) is 2. The number of benzene rings is 3. The SMILES string of the molecule is C=C.C=CC.C=CC.CC.O=C[C@H](CCc1ccccc1)NC(=O)C(c1ccccc1)c1ccccc1. The van der Waals surface area contributed by atoms with Gasteiger partial charge in [-0.1, -0.05) is 117 Å². The van der Waals surface area contributed by atoms with E-state index in [0.29, 0.717) is 6.42 Å². The average Bonchev–Trinajstić information content (AvgIpc) is 2.96. The summed E-state index contributed by atoms with van der Waals surface area (Å²) in [4.78, 5) is 24.6. The van der Waals surface area contributed by atoms with Gasteiger partial charge in [0, 0.05) is 0 Å². The van der Waals surface area contributed by atoms with Crippen LogP contribution in [0.4, 0.5) is 0 Å². The molecule has 0 heterocycles. The van der Waals surface area contributed by atoms with Gasteiger partial charge in [0.25, 0.3) is 0 Å². The van der Waals surface area contributed by atoms with Crippen molar-refractivity contribution < 1.29 is 9.59 Å². The molecule has 0 saturated heterocycles. The Morgan fingerprint density at radius 1 is 0.757 bits per heavy atom. The van der Waals surface area contributed by atoms with E-state index in [1.807, 2.05) is 119 Å². The molecule has 0 aliphatic heterocycles. The molecule has 0 saturated carbocycles. The van der Waals surface area contributed by atoms with Gasteiger partial charge in [-0.2, -0.15) is 0 Å². The lowest BCUT2D eigenvalue weighted by Gasteiger charge is -2.20. The first kappa shape index (κ1) is 35.2. The summed E-state index contributed by atoms with van der Waals surface area (Å²) >= 11 is 0. The normalized spacial score (nSPS) is 9.54. The predicted octanol–water partition coefficient (Wildman–Crippen LogP) is 8.35. The summed E-state index contributed by atoms with van der Waals surface area (Å²) < 4.78 is 0. The van der Waals surface area contributed by atoms with Crippen LogP contribution in [0.3, 0.4) is 0 Å². The van der Waals surface area contributed by atoms with Crippen LogP contribution < -0.4 is 5.32 Å². The van der Waals surface area contributed by atoms with Gasteiger partial charge in [-0.15, -0.1) is 26.3 Å². The first-order valence-corrected chi connectivity index (χ1v) is 12.6. The number of aryl methyl sites for hydroxylation is 1. The van der Waals surface area contributed by atoms with Gasteiger partial charge in [0.1, 0.15) is 6.29 Å². The highest BCUT2D eigenvalue weighted by Crippen LogP contribution is 2.25. The monoisotopic (exact) mass is 499 g/mol. The fourth-order valence-electron chi connectivity index (χ4n) is 3.19. The smallest absolute Gasteiger partial charge is 0.232 e. The summed E-state index contributed by atoms with van der Waals surface area (Å²) in [5, 5.41) is 2.93. The van der Waals surface area contributed by atoms with Crippen LogP contribution in [0.2, 0.25) is 0 Å². The van der Waals surface area contributed by atoms with Crippen LogP contribution in [0.5, 0.6) is 0 Å². The Kier molecular flexibility index (Phi) is 23.9. The number of allylic oxidation sites excluding steroid dienone is 2. The van der Waals surface area contributed by atoms with Gasteiger partial charge in [-0.05, 0) is 43.4 Å². The minimum absolute atomic E-state index is 0.155. The highest BCUT2D eigenvalue weighted by Gasteiger charge is 2.24. The maximum absolute atomic E-state index is 13.1. The zero-order valence-corrected chi connectivity index (χ0v) is 23.1.